The van der Waals surface area contributed by atoms with E-state index in [2.05, 4.69) is 16.0 Å². The lowest BCUT2D eigenvalue weighted by Crippen LogP contribution is -2.50. The van der Waals surface area contributed by atoms with E-state index in [1.54, 1.807) is 0 Å². The molecule has 28 nitrogen and oxygen atoms in total. The van der Waals surface area contributed by atoms with Crippen LogP contribution in [0.3, 0.4) is 0 Å². The zero-order valence-corrected chi connectivity index (χ0v) is 59.5. The summed E-state index contributed by atoms with van der Waals surface area (Å²) in [5.74, 6) is -5.59. The summed E-state index contributed by atoms with van der Waals surface area (Å²) in [7, 11) is -44.0. The highest BCUT2D eigenvalue weighted by Gasteiger charge is 2.69. The third-order valence-corrected chi connectivity index (χ3v) is 34.6. The van der Waals surface area contributed by atoms with Crippen molar-refractivity contribution in [2.75, 3.05) is 31.9 Å². The molecule has 0 saturated heterocycles. The molecule has 0 spiro atoms. The third-order valence-electron chi connectivity index (χ3n) is 16.2. The Labute approximate surface area is 577 Å². The molecule has 0 aliphatic heterocycles. The number of carbonyl (C=O) groups excluding carboxylic acids is 4. The Morgan fingerprint density at radius 2 is 0.757 bits per heavy atom. The first kappa shape index (κ1) is 95.1. The third kappa shape index (κ3) is 24.6. The summed E-state index contributed by atoms with van der Waals surface area (Å²) in [4.78, 5) is 41.6. The second-order valence-electron chi connectivity index (χ2n) is 23.1. The second-order valence-corrected chi connectivity index (χ2v) is 41.1. The smallest absolute Gasteiger partial charge is 0.354 e. The lowest BCUT2D eigenvalue weighted by molar-refractivity contribution is -0.115. The second kappa shape index (κ2) is 35.2. The van der Waals surface area contributed by atoms with Gasteiger partial charge in [-0.3, -0.25) is 19.2 Å². The number of halogens is 18. The highest BCUT2D eigenvalue weighted by Crippen LogP contribution is 2.55. The van der Waals surface area contributed by atoms with Crippen LogP contribution in [0.1, 0.15) is 93.6 Å². The van der Waals surface area contributed by atoms with Gasteiger partial charge in [-0.2, -0.15) is 79.0 Å². The Hall–Kier alpha value is -5.88. The van der Waals surface area contributed by atoms with E-state index < -0.39 is 184 Å². The number of hydrogen-bond acceptors (Lipinski definition) is 24. The van der Waals surface area contributed by atoms with E-state index in [-0.39, 0.29) is 55.5 Å². The number of benzene rings is 1. The van der Waals surface area contributed by atoms with Crippen LogP contribution in [0.25, 0.3) is 0 Å². The van der Waals surface area contributed by atoms with Gasteiger partial charge in [-0.05, 0) is 130 Å². The summed E-state index contributed by atoms with van der Waals surface area (Å²) in [5.41, 5.74) is -38.6. The van der Waals surface area contributed by atoms with Crippen LogP contribution in [0.5, 0.6) is 0 Å². The van der Waals surface area contributed by atoms with Gasteiger partial charge in [0.2, 0.25) is 4.58 Å². The van der Waals surface area contributed by atoms with Gasteiger partial charge in [0.25, 0.3) is 82.7 Å². The number of carbonyl (C=O) groups is 4. The average molecular weight is 1690 g/mol. The van der Waals surface area contributed by atoms with E-state index in [9.17, 15) is 166 Å². The van der Waals surface area contributed by atoms with Crippen LogP contribution in [0.4, 0.5) is 84.7 Å². The molecule has 4 amide bonds. The molecule has 0 radical (unpaired) electrons. The molecular weight excluding hydrogens is 1620 g/mol. The fourth-order valence-electron chi connectivity index (χ4n) is 11.6. The zero-order chi connectivity index (χ0) is 81.1. The molecule has 1 aromatic carbocycles. The number of amides is 4. The highest BCUT2D eigenvalue weighted by atomic mass is 32.3. The van der Waals surface area contributed by atoms with Gasteiger partial charge in [-0.25, -0.2) is 67.3 Å². The summed E-state index contributed by atoms with van der Waals surface area (Å²) >= 11 is 0. The first-order valence-corrected chi connectivity index (χ1v) is 41.6. The van der Waals surface area contributed by atoms with Crippen LogP contribution in [-0.4, -0.2) is 195 Å². The van der Waals surface area contributed by atoms with Crippen molar-refractivity contribution in [2.24, 2.45) is 41.4 Å². The van der Waals surface area contributed by atoms with Crippen molar-refractivity contribution in [1.82, 2.24) is 16.0 Å². The summed E-state index contributed by atoms with van der Waals surface area (Å²) < 4.78 is 401. The van der Waals surface area contributed by atoms with Crippen molar-refractivity contribution in [2.45, 2.75) is 141 Å². The van der Waals surface area contributed by atoms with E-state index in [1.165, 1.54) is 26.9 Å². The normalized spacial score (nSPS) is 22.0. The van der Waals surface area contributed by atoms with Crippen molar-refractivity contribution in [3.05, 3.63) is 29.8 Å². The lowest BCUT2D eigenvalue weighted by atomic mass is 9.87. The molecule has 54 heteroatoms. The molecular formula is C49H66F18N8O20S8. The maximum atomic E-state index is 12.7. The number of hydrogen-bond donors (Lipinski definition) is 8. The Bertz CT molecular complexity index is 3990. The van der Waals surface area contributed by atoms with E-state index in [0.717, 1.165) is 37.8 Å². The molecule has 0 aromatic heterocycles. The number of anilines is 1. The summed E-state index contributed by atoms with van der Waals surface area (Å²) in [5, 5.41) is 34.5. The predicted octanol–water partition coefficient (Wildman–Crippen LogP) is 6.26. The molecule has 5 aliphatic carbocycles. The van der Waals surface area contributed by atoms with Crippen LogP contribution in [0.2, 0.25) is 0 Å². The molecule has 6 atom stereocenters. The first-order chi connectivity index (χ1) is 46.1. The number of alkyl halides is 18. The number of fused-ring (bicyclic) bond motifs is 4. The van der Waals surface area contributed by atoms with E-state index in [4.69, 9.17) is 21.6 Å². The van der Waals surface area contributed by atoms with Gasteiger partial charge in [0.05, 0.1) is 24.9 Å². The van der Waals surface area contributed by atoms with Gasteiger partial charge >= 0.3 is 33.0 Å². The van der Waals surface area contributed by atoms with Gasteiger partial charge in [-0.1, -0.05) is 25.0 Å². The summed E-state index contributed by atoms with van der Waals surface area (Å²) in [6, 6.07) is 1.39. The molecule has 4 bridgehead atoms. The zero-order valence-electron chi connectivity index (χ0n) is 53.0. The van der Waals surface area contributed by atoms with Crippen LogP contribution < -0.4 is 21.3 Å². The van der Waals surface area contributed by atoms with Crippen LogP contribution in [-0.2, 0) is 97.9 Å². The average Bonchev–Trinajstić information content (AvgIpc) is 1.66. The Morgan fingerprint density at radius 1 is 0.427 bits per heavy atom. The number of sulfone groups is 8. The molecule has 5 saturated carbocycles. The Kier molecular flexibility index (Phi) is 32.5. The number of nitrogens with one attached hydrogen (secondary N) is 8. The van der Waals surface area contributed by atoms with Crippen LogP contribution in [0.15, 0.2) is 24.3 Å². The number of rotatable bonds is 19. The molecule has 5 aliphatic rings. The molecule has 6 rings (SSSR count). The van der Waals surface area contributed by atoms with Gasteiger partial charge in [-0.15, -0.1) is 0 Å². The molecule has 5 fully saturated rings. The monoisotopic (exact) mass is 1680 g/mol. The maximum absolute atomic E-state index is 12.7. The standard InChI is InChI=1S/C11H14F6N2O5S2.C11H8F6N2O5S2.C11H20O4S2.C10H12F6O4S2.2C3H6N2O/c2*12-10(13,14)25(21,22)9(26(23,24)11(15,16)17)6-1-3-7(4-2-6)19-8(20)5-18;1-16(12,13)11(17(2,14)15)7-10-6-8-3-4-9(10)5-8;11-9(12,13)21(17,18)8(22(19,20)10(14,15)16)7-4-5-1-2-6(7)3-5;2*1-5-3(6)2-4/h5-7,9,18H,1-4H2,(H,19,20);1-5,9,18H,(H,19,20);8-11H,3-7H2,1-2H3;5-8H,1-4H2;2*2,4H,1H3,(H,5,6). The lowest BCUT2D eigenvalue weighted by Gasteiger charge is -2.33. The Balaban J connectivity index is 0.000000655. The van der Waals surface area contributed by atoms with Gasteiger partial charge in [0.15, 0.2) is 33.4 Å². The minimum atomic E-state index is -6.80. The van der Waals surface area contributed by atoms with Crippen molar-refractivity contribution < 1.29 is 166 Å². The van der Waals surface area contributed by atoms with Gasteiger partial charge in [0.1, 0.15) is 0 Å². The van der Waals surface area contributed by atoms with Crippen LogP contribution >= 0.6 is 0 Å². The van der Waals surface area contributed by atoms with Crippen molar-refractivity contribution in [1.29, 1.82) is 21.6 Å². The van der Waals surface area contributed by atoms with E-state index in [0.29, 0.717) is 67.3 Å². The molecule has 0 heterocycles. The molecule has 8 N–H and O–H groups in total. The van der Waals surface area contributed by atoms with Crippen molar-refractivity contribution >= 4 is 133 Å². The summed E-state index contributed by atoms with van der Waals surface area (Å²) in [6.45, 7) is 0. The fraction of sp³-hybridized carbons (Fsp3) is 0.714. The maximum Gasteiger partial charge on any atom is 0.499 e. The largest absolute Gasteiger partial charge is 0.499 e. The topological polar surface area (TPSA) is 485 Å². The minimum absolute atomic E-state index is 0.218. The van der Waals surface area contributed by atoms with Gasteiger partial charge < -0.3 is 42.9 Å². The van der Waals surface area contributed by atoms with Crippen molar-refractivity contribution in [3.63, 3.8) is 0 Å². The first-order valence-electron chi connectivity index (χ1n) is 28.5. The quantitative estimate of drug-likeness (QED) is 0.0559. The Morgan fingerprint density at radius 3 is 1.02 bits per heavy atom. The fourth-order valence-corrected chi connectivity index (χ4v) is 27.0. The van der Waals surface area contributed by atoms with E-state index in [1.807, 2.05) is 5.32 Å². The summed E-state index contributed by atoms with van der Waals surface area (Å²) in [6.07, 6.45) is 8.25. The SMILES string of the molecule is CNC(=O)C=N.CNC(=O)C=N.CS(=O)(=O)C(CC1CC2CCC1C2)S(C)(=O)=O.N=CC(=O)NC1CCC(C(S(=O)(=O)C(F)(F)F)S(=O)(=O)C(F)(F)F)CC1.N=CC(=O)Nc1ccc(C(S(=O)(=O)C(F)(F)F)S(=O)(=O)C(F)(F)F)cc1.O=S(=O)(C(C1CC2CCC1C2)S(=O)(=O)C(F)(F)F)C(F)(F)F. The minimum Gasteiger partial charge on any atom is -0.354 e. The highest BCUT2D eigenvalue weighted by molar-refractivity contribution is 8.11. The molecule has 596 valence electrons. The van der Waals surface area contributed by atoms with Gasteiger partial charge in [0, 0.05) is 38.3 Å². The predicted molar refractivity (Wildman–Crippen MR) is 328 cm³/mol. The molecule has 6 unspecified atom stereocenters. The molecule has 1 aromatic rings. The molecule has 103 heavy (non-hydrogen) atoms. The van der Waals surface area contributed by atoms with E-state index >= 15 is 0 Å². The van der Waals surface area contributed by atoms with Crippen molar-refractivity contribution in [3.8, 4) is 0 Å². The van der Waals surface area contributed by atoms with Crippen LogP contribution in [0, 0.1) is 63.1 Å².